The van der Waals surface area contributed by atoms with Gasteiger partial charge >= 0.3 is 0 Å². The van der Waals surface area contributed by atoms with Gasteiger partial charge in [0.1, 0.15) is 13.7 Å². The van der Waals surface area contributed by atoms with Gasteiger partial charge in [-0.3, -0.25) is 4.79 Å². The average Bonchev–Trinajstić information content (AvgIpc) is 2.15. The summed E-state index contributed by atoms with van der Waals surface area (Å²) in [5.41, 5.74) is 0.473. The number of aromatic nitrogens is 1. The molecule has 4 heteroatoms. The Hall–Kier alpha value is -1.58. The van der Waals surface area contributed by atoms with E-state index in [0.717, 1.165) is 0 Å². The smallest absolute Gasteiger partial charge is 0.251 e. The molecule has 68 valence electrons. The van der Waals surface area contributed by atoms with Crippen molar-refractivity contribution in [3.05, 3.63) is 39.9 Å². The predicted octanol–water partition coefficient (Wildman–Crippen LogP) is 0.769. The average molecular weight is 187 g/mol. The van der Waals surface area contributed by atoms with Gasteiger partial charge in [0.05, 0.1) is 5.52 Å². The summed E-state index contributed by atoms with van der Waals surface area (Å²) in [6.07, 6.45) is 0. The third-order valence-electron chi connectivity index (χ3n) is 2.17. The number of nitrogens with one attached hydrogen (secondary N) is 1. The number of pyridine rings is 1. The van der Waals surface area contributed by atoms with Gasteiger partial charge in [0.2, 0.25) is 0 Å². The van der Waals surface area contributed by atoms with E-state index >= 15 is 0 Å². The minimum absolute atomic E-state index is 0.0389. The lowest BCUT2D eigenvalue weighted by Crippen LogP contribution is -2.14. The van der Waals surface area contributed by atoms with Crippen molar-refractivity contribution in [2.75, 3.05) is 0 Å². The highest BCUT2D eigenvalue weighted by atomic mass is 19.1. The van der Waals surface area contributed by atoms with Gasteiger partial charge in [0, 0.05) is 10.9 Å². The molecule has 14 heavy (non-hydrogen) atoms. The SMILES string of the molecule is [B]c1ccc2cc(C)c(=O)[nH]c2c1F. The fraction of sp³-hybridized carbons (Fsp3) is 0.100. The highest BCUT2D eigenvalue weighted by molar-refractivity contribution is 6.33. The van der Waals surface area contributed by atoms with Crippen molar-refractivity contribution in [1.29, 1.82) is 0 Å². The molecule has 0 aliphatic rings. The number of aromatic amines is 1. The van der Waals surface area contributed by atoms with E-state index in [4.69, 9.17) is 7.85 Å². The summed E-state index contributed by atoms with van der Waals surface area (Å²) in [4.78, 5) is 13.7. The van der Waals surface area contributed by atoms with Crippen LogP contribution >= 0.6 is 0 Å². The minimum atomic E-state index is -0.570. The van der Waals surface area contributed by atoms with Gasteiger partial charge in [-0.25, -0.2) is 4.39 Å². The van der Waals surface area contributed by atoms with Gasteiger partial charge in [0.15, 0.2) is 0 Å². The maximum Gasteiger partial charge on any atom is 0.251 e. The second-order valence-corrected chi connectivity index (χ2v) is 3.21. The van der Waals surface area contributed by atoms with Crippen LogP contribution < -0.4 is 11.0 Å². The molecule has 0 aliphatic heterocycles. The van der Waals surface area contributed by atoms with Crippen molar-refractivity contribution in [1.82, 2.24) is 4.98 Å². The predicted molar refractivity (Wildman–Crippen MR) is 54.7 cm³/mol. The standard InChI is InChI=1S/C10H7BFNO/c1-5-4-6-2-3-7(11)8(12)9(6)13-10(5)14/h2-4H,1H3,(H,13,14). The van der Waals surface area contributed by atoms with E-state index in [1.807, 2.05) is 0 Å². The largest absolute Gasteiger partial charge is 0.319 e. The van der Waals surface area contributed by atoms with Crippen LogP contribution in [0.3, 0.4) is 0 Å². The summed E-state index contributed by atoms with van der Waals surface area (Å²) < 4.78 is 13.4. The maximum atomic E-state index is 13.4. The lowest BCUT2D eigenvalue weighted by atomic mass is 9.94. The molecule has 0 aliphatic carbocycles. The number of hydrogen-bond donors (Lipinski definition) is 1. The van der Waals surface area contributed by atoms with Crippen molar-refractivity contribution in [3.63, 3.8) is 0 Å². The monoisotopic (exact) mass is 187 g/mol. The zero-order valence-electron chi connectivity index (χ0n) is 7.60. The molecule has 1 N–H and O–H groups in total. The second-order valence-electron chi connectivity index (χ2n) is 3.21. The summed E-state index contributed by atoms with van der Waals surface area (Å²) in [5, 5.41) is 0.647. The molecule has 0 unspecified atom stereocenters. The first-order valence-electron chi connectivity index (χ1n) is 4.17. The molecule has 1 aromatic carbocycles. The lowest BCUT2D eigenvalue weighted by molar-refractivity contribution is 0.644. The lowest BCUT2D eigenvalue weighted by Gasteiger charge is -2.03. The normalized spacial score (nSPS) is 10.7. The molecular weight excluding hydrogens is 180 g/mol. The van der Waals surface area contributed by atoms with Crippen LogP contribution in [0, 0.1) is 12.7 Å². The topological polar surface area (TPSA) is 32.9 Å². The molecule has 1 aromatic heterocycles. The Labute approximate surface area is 81.2 Å². The zero-order chi connectivity index (χ0) is 10.3. The molecule has 0 amide bonds. The van der Waals surface area contributed by atoms with Crippen LogP contribution in [0.25, 0.3) is 10.9 Å². The Bertz CT molecular complexity index is 562. The fourth-order valence-corrected chi connectivity index (χ4v) is 1.37. The van der Waals surface area contributed by atoms with Crippen molar-refractivity contribution in [2.24, 2.45) is 0 Å². The third kappa shape index (κ3) is 1.23. The zero-order valence-corrected chi connectivity index (χ0v) is 7.60. The van der Waals surface area contributed by atoms with E-state index in [2.05, 4.69) is 4.98 Å². The molecule has 0 saturated heterocycles. The fourth-order valence-electron chi connectivity index (χ4n) is 1.37. The first-order valence-corrected chi connectivity index (χ1v) is 4.17. The Morgan fingerprint density at radius 2 is 2.14 bits per heavy atom. The first kappa shape index (κ1) is 9.00. The Morgan fingerprint density at radius 1 is 1.43 bits per heavy atom. The first-order chi connectivity index (χ1) is 6.59. The van der Waals surface area contributed by atoms with Crippen LogP contribution in [0.1, 0.15) is 5.56 Å². The number of aryl methyl sites for hydroxylation is 1. The molecule has 2 rings (SSSR count). The summed E-state index contributed by atoms with van der Waals surface area (Å²) in [5.74, 6) is -0.570. The van der Waals surface area contributed by atoms with Gasteiger partial charge in [0.25, 0.3) is 5.56 Å². The molecule has 0 saturated carbocycles. The van der Waals surface area contributed by atoms with Crippen LogP contribution in [-0.4, -0.2) is 12.8 Å². The van der Waals surface area contributed by atoms with E-state index < -0.39 is 5.82 Å². The van der Waals surface area contributed by atoms with Crippen LogP contribution in [-0.2, 0) is 0 Å². The van der Waals surface area contributed by atoms with Gasteiger partial charge in [-0.15, -0.1) is 0 Å². The highest BCUT2D eigenvalue weighted by Gasteiger charge is 2.05. The highest BCUT2D eigenvalue weighted by Crippen LogP contribution is 2.12. The van der Waals surface area contributed by atoms with Gasteiger partial charge < -0.3 is 4.98 Å². The maximum absolute atomic E-state index is 13.4. The molecule has 0 bridgehead atoms. The van der Waals surface area contributed by atoms with Crippen LogP contribution in [0.5, 0.6) is 0 Å². The van der Waals surface area contributed by atoms with Crippen LogP contribution in [0.4, 0.5) is 4.39 Å². The van der Waals surface area contributed by atoms with Crippen molar-refractivity contribution in [2.45, 2.75) is 6.92 Å². The number of hydrogen-bond acceptors (Lipinski definition) is 1. The van der Waals surface area contributed by atoms with Crippen molar-refractivity contribution < 1.29 is 4.39 Å². The Morgan fingerprint density at radius 3 is 2.86 bits per heavy atom. The minimum Gasteiger partial charge on any atom is -0.319 e. The molecule has 0 spiro atoms. The van der Waals surface area contributed by atoms with E-state index in [1.54, 1.807) is 19.1 Å². The van der Waals surface area contributed by atoms with E-state index in [-0.39, 0.29) is 16.5 Å². The van der Waals surface area contributed by atoms with E-state index in [0.29, 0.717) is 10.9 Å². The Kier molecular flexibility index (Phi) is 1.91. The summed E-state index contributed by atoms with van der Waals surface area (Å²) in [6.45, 7) is 1.67. The summed E-state index contributed by atoms with van der Waals surface area (Å²) in [7, 11) is 5.38. The van der Waals surface area contributed by atoms with Crippen LogP contribution in [0.2, 0.25) is 0 Å². The van der Waals surface area contributed by atoms with Crippen molar-refractivity contribution >= 4 is 24.2 Å². The van der Waals surface area contributed by atoms with Gasteiger partial charge in [-0.1, -0.05) is 17.6 Å². The second kappa shape index (κ2) is 2.98. The van der Waals surface area contributed by atoms with Gasteiger partial charge in [-0.05, 0) is 13.0 Å². The number of halogens is 1. The number of benzene rings is 1. The molecular formula is C10H7BFNO. The van der Waals surface area contributed by atoms with Gasteiger partial charge in [-0.2, -0.15) is 0 Å². The molecule has 1 heterocycles. The number of fused-ring (bicyclic) bond motifs is 1. The Balaban J connectivity index is 2.97. The number of rotatable bonds is 0. The molecule has 2 nitrogen and oxygen atoms in total. The third-order valence-corrected chi connectivity index (χ3v) is 2.17. The van der Waals surface area contributed by atoms with Crippen molar-refractivity contribution in [3.8, 4) is 0 Å². The molecule has 0 atom stereocenters. The molecule has 2 aromatic rings. The van der Waals surface area contributed by atoms with E-state index in [9.17, 15) is 9.18 Å². The molecule has 2 radical (unpaired) electrons. The number of H-pyrrole nitrogens is 1. The summed E-state index contributed by atoms with van der Waals surface area (Å²) in [6, 6.07) is 4.79. The quantitative estimate of drug-likeness (QED) is 0.607. The van der Waals surface area contributed by atoms with Crippen LogP contribution in [0.15, 0.2) is 23.0 Å². The van der Waals surface area contributed by atoms with E-state index in [1.165, 1.54) is 6.07 Å². The summed E-state index contributed by atoms with van der Waals surface area (Å²) >= 11 is 0. The molecule has 0 fully saturated rings.